The largest absolute Gasteiger partial charge is 0.256 e. The second-order valence-corrected chi connectivity index (χ2v) is 8.88. The van der Waals surface area contributed by atoms with Crippen LogP contribution in [-0.4, -0.2) is 19.7 Å². The summed E-state index contributed by atoms with van der Waals surface area (Å²) in [4.78, 5) is 4.93. The molecule has 0 aliphatic heterocycles. The van der Waals surface area contributed by atoms with E-state index in [-0.39, 0.29) is 5.41 Å². The summed E-state index contributed by atoms with van der Waals surface area (Å²) in [5.74, 6) is 0. The fourth-order valence-corrected chi connectivity index (χ4v) is 3.80. The molecule has 0 unspecified atom stereocenters. The first-order chi connectivity index (χ1) is 11.4. The van der Waals surface area contributed by atoms with E-state index in [0.717, 1.165) is 28.0 Å². The number of aromatic nitrogens is 1. The van der Waals surface area contributed by atoms with Gasteiger partial charge < -0.3 is 0 Å². The summed E-state index contributed by atoms with van der Waals surface area (Å²) in [6.07, 6.45) is 10.1. The van der Waals surface area contributed by atoms with Gasteiger partial charge in [0.25, 0.3) is 0 Å². The fraction of sp³-hybridized carbons (Fsp3) is 0.250. The molecule has 24 heavy (non-hydrogen) atoms. The monoisotopic (exact) mass is 337 g/mol. The lowest BCUT2D eigenvalue weighted by Crippen LogP contribution is -1.97. The topological polar surface area (TPSA) is 47.0 Å². The molecule has 0 amide bonds. The second kappa shape index (κ2) is 5.15. The number of sulfone groups is 1. The van der Waals surface area contributed by atoms with E-state index in [1.807, 2.05) is 25.3 Å². The third-order valence-electron chi connectivity index (χ3n) is 4.76. The minimum absolute atomic E-state index is 0.187. The van der Waals surface area contributed by atoms with Gasteiger partial charge in [0, 0.05) is 23.4 Å². The van der Waals surface area contributed by atoms with Crippen molar-refractivity contribution in [1.82, 2.24) is 4.98 Å². The van der Waals surface area contributed by atoms with Crippen LogP contribution < -0.4 is 0 Å². The molecule has 2 aromatic rings. The van der Waals surface area contributed by atoms with Crippen molar-refractivity contribution in [3.05, 3.63) is 71.6 Å². The van der Waals surface area contributed by atoms with Gasteiger partial charge in [0.2, 0.25) is 0 Å². The van der Waals surface area contributed by atoms with Crippen LogP contribution >= 0.6 is 0 Å². The molecule has 1 aromatic carbocycles. The predicted octanol–water partition coefficient (Wildman–Crippen LogP) is 4.05. The highest BCUT2D eigenvalue weighted by atomic mass is 32.2. The van der Waals surface area contributed by atoms with Crippen molar-refractivity contribution < 1.29 is 8.42 Å². The van der Waals surface area contributed by atoms with Crippen LogP contribution in [0.2, 0.25) is 0 Å². The zero-order chi connectivity index (χ0) is 16.9. The molecular weight excluding hydrogens is 318 g/mol. The van der Waals surface area contributed by atoms with Crippen molar-refractivity contribution in [2.45, 2.75) is 24.7 Å². The predicted molar refractivity (Wildman–Crippen MR) is 96.1 cm³/mol. The SMILES string of the molecule is Cc1ccc(C2=CC3(C=C2c2ccc(S(C)(=O)=O)cc2)CC3)nc1. The van der Waals surface area contributed by atoms with Gasteiger partial charge in [-0.25, -0.2) is 8.42 Å². The van der Waals surface area contributed by atoms with Gasteiger partial charge in [-0.2, -0.15) is 0 Å². The first kappa shape index (κ1) is 15.3. The van der Waals surface area contributed by atoms with Crippen LogP contribution in [0.1, 0.15) is 29.7 Å². The maximum atomic E-state index is 11.7. The van der Waals surface area contributed by atoms with Crippen LogP contribution in [0.25, 0.3) is 11.1 Å². The van der Waals surface area contributed by atoms with Gasteiger partial charge in [-0.05, 0) is 54.7 Å². The number of pyridine rings is 1. The smallest absolute Gasteiger partial charge is 0.175 e. The van der Waals surface area contributed by atoms with Gasteiger partial charge in [-0.3, -0.25) is 4.98 Å². The van der Waals surface area contributed by atoms with E-state index in [1.165, 1.54) is 19.1 Å². The van der Waals surface area contributed by atoms with Crippen molar-refractivity contribution in [2.75, 3.05) is 6.26 Å². The van der Waals surface area contributed by atoms with Gasteiger partial charge in [0.1, 0.15) is 0 Å². The molecule has 1 aromatic heterocycles. The molecule has 4 heteroatoms. The van der Waals surface area contributed by atoms with Gasteiger partial charge in [-0.15, -0.1) is 0 Å². The molecule has 0 atom stereocenters. The summed E-state index contributed by atoms with van der Waals surface area (Å²) in [7, 11) is -3.17. The number of allylic oxidation sites excluding steroid dienone is 4. The first-order valence-electron chi connectivity index (χ1n) is 8.06. The van der Waals surface area contributed by atoms with Gasteiger partial charge in [-0.1, -0.05) is 30.4 Å². The van der Waals surface area contributed by atoms with Crippen LogP contribution in [0.15, 0.2) is 59.6 Å². The molecule has 0 radical (unpaired) electrons. The molecule has 1 spiro atoms. The lowest BCUT2D eigenvalue weighted by atomic mass is 9.98. The van der Waals surface area contributed by atoms with E-state index in [0.29, 0.717) is 4.90 Å². The highest BCUT2D eigenvalue weighted by Gasteiger charge is 2.43. The zero-order valence-corrected chi connectivity index (χ0v) is 14.6. The Hall–Kier alpha value is -2.20. The molecule has 4 rings (SSSR count). The third kappa shape index (κ3) is 2.71. The van der Waals surface area contributed by atoms with Crippen molar-refractivity contribution in [1.29, 1.82) is 0 Å². The molecule has 1 saturated carbocycles. The molecule has 1 fully saturated rings. The van der Waals surface area contributed by atoms with Crippen LogP contribution in [-0.2, 0) is 9.84 Å². The van der Waals surface area contributed by atoms with Crippen LogP contribution in [0.3, 0.4) is 0 Å². The number of nitrogens with zero attached hydrogens (tertiary/aromatic N) is 1. The summed E-state index contributed by atoms with van der Waals surface area (Å²) >= 11 is 0. The summed E-state index contributed by atoms with van der Waals surface area (Å²) < 4.78 is 23.3. The first-order valence-corrected chi connectivity index (χ1v) is 9.95. The van der Waals surface area contributed by atoms with Crippen LogP contribution in [0.5, 0.6) is 0 Å². The van der Waals surface area contributed by atoms with Crippen molar-refractivity contribution in [3.8, 4) is 0 Å². The minimum atomic E-state index is -3.17. The standard InChI is InChI=1S/C20H19NO2S/c1-14-3-8-19(21-13-14)18-12-20(9-10-20)11-17(18)15-4-6-16(7-5-15)24(2,22)23/h3-8,11-13H,9-10H2,1-2H3. The molecular formula is C20H19NO2S. The Bertz CT molecular complexity index is 961. The van der Waals surface area contributed by atoms with Crippen molar-refractivity contribution in [2.24, 2.45) is 5.41 Å². The molecule has 1 heterocycles. The Kier molecular flexibility index (Phi) is 3.29. The average molecular weight is 337 g/mol. The fourth-order valence-electron chi connectivity index (χ4n) is 3.16. The number of aryl methyl sites for hydroxylation is 1. The van der Waals surface area contributed by atoms with E-state index in [1.54, 1.807) is 12.1 Å². The zero-order valence-electron chi connectivity index (χ0n) is 13.8. The molecule has 122 valence electrons. The number of hydrogen-bond acceptors (Lipinski definition) is 3. The van der Waals surface area contributed by atoms with Crippen LogP contribution in [0.4, 0.5) is 0 Å². The van der Waals surface area contributed by atoms with Crippen molar-refractivity contribution in [3.63, 3.8) is 0 Å². The van der Waals surface area contributed by atoms with E-state index in [4.69, 9.17) is 0 Å². The van der Waals surface area contributed by atoms with Crippen LogP contribution in [0, 0.1) is 12.3 Å². The maximum Gasteiger partial charge on any atom is 0.175 e. The number of rotatable bonds is 3. The normalized spacial score (nSPS) is 18.4. The highest BCUT2D eigenvalue weighted by molar-refractivity contribution is 7.90. The third-order valence-corrected chi connectivity index (χ3v) is 5.89. The molecule has 0 N–H and O–H groups in total. The summed E-state index contributed by atoms with van der Waals surface area (Å²) in [6, 6.07) is 11.3. The Morgan fingerprint density at radius 3 is 2.17 bits per heavy atom. The number of benzene rings is 1. The molecule has 0 bridgehead atoms. The molecule has 2 aliphatic rings. The van der Waals surface area contributed by atoms with E-state index in [9.17, 15) is 8.42 Å². The van der Waals surface area contributed by atoms with Gasteiger partial charge >= 0.3 is 0 Å². The Morgan fingerprint density at radius 1 is 0.958 bits per heavy atom. The average Bonchev–Trinajstić information content (AvgIpc) is 3.19. The van der Waals surface area contributed by atoms with E-state index in [2.05, 4.69) is 29.3 Å². The second-order valence-electron chi connectivity index (χ2n) is 6.87. The summed E-state index contributed by atoms with van der Waals surface area (Å²) in [6.45, 7) is 2.03. The van der Waals surface area contributed by atoms with E-state index < -0.39 is 9.84 Å². The molecule has 2 aliphatic carbocycles. The highest BCUT2D eigenvalue weighted by Crippen LogP contribution is 2.57. The van der Waals surface area contributed by atoms with E-state index >= 15 is 0 Å². The number of hydrogen-bond donors (Lipinski definition) is 0. The lowest BCUT2D eigenvalue weighted by Gasteiger charge is -2.10. The lowest BCUT2D eigenvalue weighted by molar-refractivity contribution is 0.602. The maximum absolute atomic E-state index is 11.7. The Labute approximate surface area is 142 Å². The molecule has 3 nitrogen and oxygen atoms in total. The summed E-state index contributed by atoms with van der Waals surface area (Å²) in [5, 5.41) is 0. The van der Waals surface area contributed by atoms with Gasteiger partial charge in [0.15, 0.2) is 9.84 Å². The quantitative estimate of drug-likeness (QED) is 0.849. The Morgan fingerprint density at radius 2 is 1.62 bits per heavy atom. The summed E-state index contributed by atoms with van der Waals surface area (Å²) in [5.41, 5.74) is 5.65. The Balaban J connectivity index is 1.76. The van der Waals surface area contributed by atoms with Gasteiger partial charge in [0.05, 0.1) is 10.6 Å². The van der Waals surface area contributed by atoms with Crippen molar-refractivity contribution >= 4 is 21.0 Å². The molecule has 0 saturated heterocycles. The minimum Gasteiger partial charge on any atom is -0.256 e.